The Bertz CT molecular complexity index is 836. The maximum absolute atomic E-state index is 12.2. The largest absolute Gasteiger partial charge is 0.496 e. The summed E-state index contributed by atoms with van der Waals surface area (Å²) in [4.78, 5) is 23.1. The molecule has 0 spiro atoms. The summed E-state index contributed by atoms with van der Waals surface area (Å²) < 4.78 is 10.5. The quantitative estimate of drug-likeness (QED) is 0.620. The Balaban J connectivity index is 2.20. The highest BCUT2D eigenvalue weighted by molar-refractivity contribution is 6.01. The molecule has 1 heterocycles. The van der Waals surface area contributed by atoms with Crippen LogP contribution in [0.4, 0.5) is 0 Å². The zero-order chi connectivity index (χ0) is 18.6. The number of ether oxygens (including phenoxy) is 1. The summed E-state index contributed by atoms with van der Waals surface area (Å²) in [7, 11) is 1.48. The summed E-state index contributed by atoms with van der Waals surface area (Å²) >= 11 is 0. The van der Waals surface area contributed by atoms with Gasteiger partial charge in [-0.15, -0.1) is 0 Å². The van der Waals surface area contributed by atoms with Gasteiger partial charge >= 0.3 is 5.97 Å². The first kappa shape index (κ1) is 18.3. The van der Waals surface area contributed by atoms with Crippen molar-refractivity contribution in [3.05, 3.63) is 52.5 Å². The Morgan fingerprint density at radius 3 is 2.56 bits per heavy atom. The number of carbonyl (C=O) groups excluding carboxylic acids is 1. The zero-order valence-corrected chi connectivity index (χ0v) is 14.5. The monoisotopic (exact) mass is 344 g/mol. The molecule has 132 valence electrons. The molecular weight excluding hydrogens is 324 g/mol. The van der Waals surface area contributed by atoms with Crippen LogP contribution in [-0.4, -0.2) is 29.8 Å². The number of carboxylic acids is 1. The van der Waals surface area contributed by atoms with Crippen LogP contribution in [-0.2, 0) is 11.2 Å². The van der Waals surface area contributed by atoms with Gasteiger partial charge in [-0.25, -0.2) is 5.43 Å². The first-order valence-electron chi connectivity index (χ1n) is 7.62. The molecule has 0 radical (unpaired) electrons. The minimum atomic E-state index is -0.954. The number of hydrogen-bond acceptors (Lipinski definition) is 5. The maximum atomic E-state index is 12.2. The van der Waals surface area contributed by atoms with Crippen molar-refractivity contribution in [2.75, 3.05) is 7.11 Å². The van der Waals surface area contributed by atoms with Crippen LogP contribution in [0.5, 0.6) is 5.75 Å². The molecule has 2 aromatic rings. The summed E-state index contributed by atoms with van der Waals surface area (Å²) in [5.41, 5.74) is 4.68. The number of methoxy groups -OCH3 is 1. The van der Waals surface area contributed by atoms with Gasteiger partial charge in [0.25, 0.3) is 5.91 Å². The molecule has 25 heavy (non-hydrogen) atoms. The van der Waals surface area contributed by atoms with Crippen LogP contribution in [0.2, 0.25) is 0 Å². The van der Waals surface area contributed by atoms with Gasteiger partial charge in [0.05, 0.1) is 24.8 Å². The number of carboxylic acid groups (broad SMARTS) is 1. The molecule has 7 nitrogen and oxygen atoms in total. The molecule has 0 saturated carbocycles. The second-order valence-corrected chi connectivity index (χ2v) is 5.56. The summed E-state index contributed by atoms with van der Waals surface area (Å²) in [5, 5.41) is 13.1. The lowest BCUT2D eigenvalue weighted by atomic mass is 10.0. The van der Waals surface area contributed by atoms with Crippen molar-refractivity contribution in [2.24, 2.45) is 5.10 Å². The van der Waals surface area contributed by atoms with Crippen LogP contribution in [0.25, 0.3) is 0 Å². The number of carbonyl (C=O) groups is 2. The van der Waals surface area contributed by atoms with Gasteiger partial charge in [-0.05, 0) is 50.6 Å². The van der Waals surface area contributed by atoms with E-state index in [4.69, 9.17) is 14.3 Å². The van der Waals surface area contributed by atoms with E-state index >= 15 is 0 Å². The van der Waals surface area contributed by atoms with Crippen molar-refractivity contribution in [3.8, 4) is 5.75 Å². The fraction of sp³-hybridized carbons (Fsp3) is 0.278. The molecule has 0 aliphatic heterocycles. The lowest BCUT2D eigenvalue weighted by Gasteiger charge is -2.09. The van der Waals surface area contributed by atoms with E-state index in [0.29, 0.717) is 39.7 Å². The highest BCUT2D eigenvalue weighted by Gasteiger charge is 2.14. The van der Waals surface area contributed by atoms with E-state index in [1.807, 2.05) is 0 Å². The predicted octanol–water partition coefficient (Wildman–Crippen LogP) is 2.69. The lowest BCUT2D eigenvalue weighted by Crippen LogP contribution is -2.19. The Kier molecular flexibility index (Phi) is 5.59. The average Bonchev–Trinajstić information content (AvgIpc) is 2.90. The number of hydrazone groups is 1. The number of hydrogen-bond donors (Lipinski definition) is 2. The van der Waals surface area contributed by atoms with Crippen LogP contribution in [0.3, 0.4) is 0 Å². The smallest absolute Gasteiger partial charge is 0.307 e. The zero-order valence-electron chi connectivity index (χ0n) is 14.5. The fourth-order valence-corrected chi connectivity index (χ4v) is 2.42. The van der Waals surface area contributed by atoms with Gasteiger partial charge in [0.2, 0.25) is 0 Å². The summed E-state index contributed by atoms with van der Waals surface area (Å²) in [5.74, 6) is 0.345. The van der Waals surface area contributed by atoms with Crippen molar-refractivity contribution >= 4 is 17.6 Å². The SMILES string of the molecule is COc1ccc(/C(C)=N\NC(=O)c2cc(C)oc2C)cc1CC(=O)O. The molecule has 0 aliphatic carbocycles. The van der Waals surface area contributed by atoms with Crippen LogP contribution in [0.1, 0.15) is 39.9 Å². The molecule has 7 heteroatoms. The number of nitrogens with one attached hydrogen (secondary N) is 1. The van der Waals surface area contributed by atoms with Gasteiger partial charge in [0.1, 0.15) is 17.3 Å². The molecule has 2 rings (SSSR count). The second kappa shape index (κ2) is 7.65. The first-order valence-corrected chi connectivity index (χ1v) is 7.62. The maximum Gasteiger partial charge on any atom is 0.307 e. The molecule has 2 N–H and O–H groups in total. The molecular formula is C18H20N2O5. The predicted molar refractivity (Wildman–Crippen MR) is 92.2 cm³/mol. The molecule has 0 unspecified atom stereocenters. The summed E-state index contributed by atoms with van der Waals surface area (Å²) in [6, 6.07) is 6.76. The summed E-state index contributed by atoms with van der Waals surface area (Å²) in [6.07, 6.45) is -0.163. The van der Waals surface area contributed by atoms with E-state index in [0.717, 1.165) is 0 Å². The van der Waals surface area contributed by atoms with Crippen LogP contribution >= 0.6 is 0 Å². The molecule has 1 aromatic carbocycles. The Morgan fingerprint density at radius 2 is 2.00 bits per heavy atom. The van der Waals surface area contributed by atoms with Crippen molar-refractivity contribution in [2.45, 2.75) is 27.2 Å². The number of amides is 1. The van der Waals surface area contributed by atoms with E-state index in [9.17, 15) is 9.59 Å². The van der Waals surface area contributed by atoms with E-state index in [1.165, 1.54) is 7.11 Å². The minimum absolute atomic E-state index is 0.163. The van der Waals surface area contributed by atoms with Gasteiger partial charge in [-0.2, -0.15) is 5.10 Å². The lowest BCUT2D eigenvalue weighted by molar-refractivity contribution is -0.136. The highest BCUT2D eigenvalue weighted by atomic mass is 16.5. The van der Waals surface area contributed by atoms with Gasteiger partial charge in [-0.3, -0.25) is 9.59 Å². The number of nitrogens with zero attached hydrogens (tertiary/aromatic N) is 1. The molecule has 0 aliphatic rings. The van der Waals surface area contributed by atoms with Crippen molar-refractivity contribution in [1.82, 2.24) is 5.43 Å². The second-order valence-electron chi connectivity index (χ2n) is 5.56. The van der Waals surface area contributed by atoms with Gasteiger partial charge in [0, 0.05) is 5.56 Å². The third-order valence-electron chi connectivity index (χ3n) is 3.65. The van der Waals surface area contributed by atoms with Crippen LogP contribution in [0, 0.1) is 13.8 Å². The normalized spacial score (nSPS) is 11.3. The number of aliphatic carboxylic acids is 1. The van der Waals surface area contributed by atoms with Gasteiger partial charge < -0.3 is 14.3 Å². The van der Waals surface area contributed by atoms with E-state index in [-0.39, 0.29) is 12.3 Å². The van der Waals surface area contributed by atoms with Gasteiger partial charge in [0.15, 0.2) is 0 Å². The standard InChI is InChI=1S/C18H20N2O5/c1-10-7-15(12(3)25-10)18(23)20-19-11(2)13-5-6-16(24-4)14(8-13)9-17(21)22/h5-8H,9H2,1-4H3,(H,20,23)(H,21,22)/b19-11-. The minimum Gasteiger partial charge on any atom is -0.496 e. The van der Waals surface area contributed by atoms with E-state index in [1.54, 1.807) is 45.0 Å². The molecule has 0 fully saturated rings. The third kappa shape index (κ3) is 4.47. The first-order chi connectivity index (χ1) is 11.8. The third-order valence-corrected chi connectivity index (χ3v) is 3.65. The topological polar surface area (TPSA) is 101 Å². The Morgan fingerprint density at radius 1 is 1.28 bits per heavy atom. The van der Waals surface area contributed by atoms with Gasteiger partial charge in [-0.1, -0.05) is 0 Å². The molecule has 0 atom stereocenters. The number of furan rings is 1. The average molecular weight is 344 g/mol. The van der Waals surface area contributed by atoms with Crippen LogP contribution in [0.15, 0.2) is 33.8 Å². The number of aryl methyl sites for hydroxylation is 2. The molecule has 0 saturated heterocycles. The van der Waals surface area contributed by atoms with Crippen molar-refractivity contribution in [1.29, 1.82) is 0 Å². The Labute approximate surface area is 145 Å². The fourth-order valence-electron chi connectivity index (χ4n) is 2.42. The number of benzene rings is 1. The molecule has 0 bridgehead atoms. The molecule has 1 aromatic heterocycles. The van der Waals surface area contributed by atoms with Crippen molar-refractivity contribution < 1.29 is 23.8 Å². The molecule has 1 amide bonds. The highest BCUT2D eigenvalue weighted by Crippen LogP contribution is 2.21. The van der Waals surface area contributed by atoms with Crippen molar-refractivity contribution in [3.63, 3.8) is 0 Å². The number of rotatable bonds is 6. The van der Waals surface area contributed by atoms with E-state index in [2.05, 4.69) is 10.5 Å². The van der Waals surface area contributed by atoms with E-state index < -0.39 is 5.97 Å². The Hall–Kier alpha value is -3.09. The summed E-state index contributed by atoms with van der Waals surface area (Å²) in [6.45, 7) is 5.19. The van der Waals surface area contributed by atoms with Crippen LogP contribution < -0.4 is 10.2 Å².